The molecule has 0 amide bonds. The average molecular weight is 200 g/mol. The van der Waals surface area contributed by atoms with Crippen LogP contribution >= 0.6 is 0 Å². The van der Waals surface area contributed by atoms with Gasteiger partial charge < -0.3 is 5.11 Å². The quantitative estimate of drug-likeness (QED) is 0.749. The summed E-state index contributed by atoms with van der Waals surface area (Å²) in [6.45, 7) is 1.74. The standard InChI is InChI=1S/C10H8N4O/c1-7-6-13-14(10(7)15)9-4-8(5-11)2-3-12-9/h2-4,6,15H,1H3. The van der Waals surface area contributed by atoms with Crippen molar-refractivity contribution in [2.75, 3.05) is 0 Å². The van der Waals surface area contributed by atoms with Gasteiger partial charge in [-0.15, -0.1) is 0 Å². The highest BCUT2D eigenvalue weighted by atomic mass is 16.3. The first-order chi connectivity index (χ1) is 7.22. The summed E-state index contributed by atoms with van der Waals surface area (Å²) < 4.78 is 1.29. The van der Waals surface area contributed by atoms with E-state index in [9.17, 15) is 5.11 Å². The van der Waals surface area contributed by atoms with Gasteiger partial charge in [-0.25, -0.2) is 4.98 Å². The highest BCUT2D eigenvalue weighted by molar-refractivity contribution is 5.38. The highest BCUT2D eigenvalue weighted by Crippen LogP contribution is 2.18. The van der Waals surface area contributed by atoms with Gasteiger partial charge in [0, 0.05) is 17.8 Å². The number of hydrogen-bond acceptors (Lipinski definition) is 4. The zero-order valence-electron chi connectivity index (χ0n) is 8.05. The fraction of sp³-hybridized carbons (Fsp3) is 0.100. The van der Waals surface area contributed by atoms with Crippen molar-refractivity contribution in [3.05, 3.63) is 35.7 Å². The summed E-state index contributed by atoms with van der Waals surface area (Å²) in [5.74, 6) is 0.470. The molecule has 0 bridgehead atoms. The van der Waals surface area contributed by atoms with E-state index in [1.807, 2.05) is 6.07 Å². The third-order valence-electron chi connectivity index (χ3n) is 2.01. The molecule has 0 aliphatic carbocycles. The first-order valence-corrected chi connectivity index (χ1v) is 4.32. The molecule has 2 aromatic rings. The second-order valence-corrected chi connectivity index (χ2v) is 3.08. The minimum Gasteiger partial charge on any atom is -0.493 e. The lowest BCUT2D eigenvalue weighted by Gasteiger charge is -2.01. The van der Waals surface area contributed by atoms with Crippen LogP contribution in [0.4, 0.5) is 0 Å². The maximum Gasteiger partial charge on any atom is 0.218 e. The van der Waals surface area contributed by atoms with E-state index in [0.717, 1.165) is 0 Å². The van der Waals surface area contributed by atoms with E-state index in [1.165, 1.54) is 17.1 Å². The lowest BCUT2D eigenvalue weighted by molar-refractivity contribution is 0.428. The smallest absolute Gasteiger partial charge is 0.218 e. The lowest BCUT2D eigenvalue weighted by Crippen LogP contribution is -1.98. The van der Waals surface area contributed by atoms with Gasteiger partial charge in [0.05, 0.1) is 17.8 Å². The van der Waals surface area contributed by atoms with Crippen molar-refractivity contribution >= 4 is 0 Å². The van der Waals surface area contributed by atoms with Gasteiger partial charge in [0.2, 0.25) is 5.88 Å². The predicted octanol–water partition coefficient (Wildman–Crippen LogP) is 1.15. The van der Waals surface area contributed by atoms with Gasteiger partial charge in [-0.2, -0.15) is 15.0 Å². The summed E-state index contributed by atoms with van der Waals surface area (Å²) in [6, 6.07) is 5.16. The van der Waals surface area contributed by atoms with Gasteiger partial charge in [0.15, 0.2) is 5.82 Å². The number of nitrogens with zero attached hydrogens (tertiary/aromatic N) is 4. The maximum absolute atomic E-state index is 9.63. The van der Waals surface area contributed by atoms with Crippen LogP contribution in [0.2, 0.25) is 0 Å². The third kappa shape index (κ3) is 1.53. The number of hydrogen-bond donors (Lipinski definition) is 1. The van der Waals surface area contributed by atoms with Crippen LogP contribution in [0.5, 0.6) is 5.88 Å². The van der Waals surface area contributed by atoms with E-state index >= 15 is 0 Å². The molecular weight excluding hydrogens is 192 g/mol. The van der Waals surface area contributed by atoms with Crippen LogP contribution in [0.1, 0.15) is 11.1 Å². The Morgan fingerprint density at radius 1 is 1.53 bits per heavy atom. The molecule has 1 N–H and O–H groups in total. The number of aromatic nitrogens is 3. The summed E-state index contributed by atoms with van der Waals surface area (Å²) in [5, 5.41) is 22.3. The van der Waals surface area contributed by atoms with Crippen LogP contribution in [0.25, 0.3) is 5.82 Å². The number of nitriles is 1. The second kappa shape index (κ2) is 3.42. The normalized spacial score (nSPS) is 9.87. The van der Waals surface area contributed by atoms with Crippen molar-refractivity contribution in [3.63, 3.8) is 0 Å². The molecule has 0 aliphatic rings. The zero-order chi connectivity index (χ0) is 10.8. The Balaban J connectivity index is 2.55. The minimum atomic E-state index is 0.0394. The van der Waals surface area contributed by atoms with Crippen LogP contribution in [-0.4, -0.2) is 19.9 Å². The fourth-order valence-electron chi connectivity index (χ4n) is 1.20. The van der Waals surface area contributed by atoms with Crippen LogP contribution in [0.15, 0.2) is 24.5 Å². The average Bonchev–Trinajstić information content (AvgIpc) is 2.60. The summed E-state index contributed by atoms with van der Waals surface area (Å²) in [6.07, 6.45) is 3.04. The van der Waals surface area contributed by atoms with Crippen LogP contribution in [0, 0.1) is 18.3 Å². The van der Waals surface area contributed by atoms with Crippen molar-refractivity contribution < 1.29 is 5.11 Å². The van der Waals surface area contributed by atoms with Gasteiger partial charge in [-0.1, -0.05) is 0 Å². The molecule has 5 nitrogen and oxygen atoms in total. The Morgan fingerprint density at radius 3 is 2.93 bits per heavy atom. The monoisotopic (exact) mass is 200 g/mol. The first-order valence-electron chi connectivity index (χ1n) is 4.32. The van der Waals surface area contributed by atoms with Crippen LogP contribution in [-0.2, 0) is 0 Å². The molecule has 74 valence electrons. The number of aromatic hydroxyl groups is 1. The van der Waals surface area contributed by atoms with E-state index in [1.54, 1.807) is 19.1 Å². The minimum absolute atomic E-state index is 0.0394. The summed E-state index contributed by atoms with van der Waals surface area (Å²) in [4.78, 5) is 4.02. The molecule has 0 atom stereocenters. The topological polar surface area (TPSA) is 74.7 Å². The molecule has 0 aromatic carbocycles. The maximum atomic E-state index is 9.63. The second-order valence-electron chi connectivity index (χ2n) is 3.08. The Labute approximate surface area is 86.2 Å². The van der Waals surface area contributed by atoms with Gasteiger partial charge >= 0.3 is 0 Å². The molecule has 5 heteroatoms. The number of pyridine rings is 1. The Morgan fingerprint density at radius 2 is 2.33 bits per heavy atom. The van der Waals surface area contributed by atoms with E-state index in [4.69, 9.17) is 5.26 Å². The SMILES string of the molecule is Cc1cnn(-c2cc(C#N)ccn2)c1O. The molecule has 0 fully saturated rings. The molecule has 2 heterocycles. The van der Waals surface area contributed by atoms with Gasteiger partial charge in [0.1, 0.15) is 0 Å². The van der Waals surface area contributed by atoms with Gasteiger partial charge in [-0.05, 0) is 13.0 Å². The summed E-state index contributed by atoms with van der Waals surface area (Å²) >= 11 is 0. The van der Waals surface area contributed by atoms with Crippen LogP contribution in [0.3, 0.4) is 0 Å². The van der Waals surface area contributed by atoms with Crippen molar-refractivity contribution in [2.45, 2.75) is 6.92 Å². The van der Waals surface area contributed by atoms with E-state index < -0.39 is 0 Å². The predicted molar refractivity (Wildman–Crippen MR) is 52.5 cm³/mol. The molecular formula is C10H8N4O. The highest BCUT2D eigenvalue weighted by Gasteiger charge is 2.08. The largest absolute Gasteiger partial charge is 0.493 e. The first kappa shape index (κ1) is 9.21. The molecule has 0 radical (unpaired) electrons. The molecule has 2 rings (SSSR count). The van der Waals surface area contributed by atoms with E-state index in [-0.39, 0.29) is 5.88 Å². The van der Waals surface area contributed by atoms with Crippen molar-refractivity contribution in [2.24, 2.45) is 0 Å². The van der Waals surface area contributed by atoms with E-state index in [2.05, 4.69) is 10.1 Å². The Kier molecular flexibility index (Phi) is 2.10. The molecule has 0 saturated carbocycles. The summed E-state index contributed by atoms with van der Waals surface area (Å²) in [7, 11) is 0. The zero-order valence-corrected chi connectivity index (χ0v) is 8.05. The number of aryl methyl sites for hydroxylation is 1. The van der Waals surface area contributed by atoms with Crippen molar-refractivity contribution in [3.8, 4) is 17.8 Å². The lowest BCUT2D eigenvalue weighted by atomic mass is 10.3. The molecule has 0 spiro atoms. The van der Waals surface area contributed by atoms with Gasteiger partial charge in [-0.3, -0.25) is 0 Å². The molecule has 0 saturated heterocycles. The van der Waals surface area contributed by atoms with Crippen molar-refractivity contribution in [1.29, 1.82) is 5.26 Å². The Hall–Kier alpha value is -2.35. The van der Waals surface area contributed by atoms with Crippen molar-refractivity contribution in [1.82, 2.24) is 14.8 Å². The fourth-order valence-corrected chi connectivity index (χ4v) is 1.20. The molecule has 0 unspecified atom stereocenters. The van der Waals surface area contributed by atoms with E-state index in [0.29, 0.717) is 16.9 Å². The molecule has 2 aromatic heterocycles. The van der Waals surface area contributed by atoms with Crippen LogP contribution < -0.4 is 0 Å². The third-order valence-corrected chi connectivity index (χ3v) is 2.01. The number of rotatable bonds is 1. The summed E-state index contributed by atoms with van der Waals surface area (Å²) in [5.41, 5.74) is 1.15. The molecule has 0 aliphatic heterocycles. The van der Waals surface area contributed by atoms with Gasteiger partial charge in [0.25, 0.3) is 0 Å². The Bertz CT molecular complexity index is 539. The molecule has 15 heavy (non-hydrogen) atoms.